The minimum Gasteiger partial charge on any atom is -0.480 e. The second-order valence-corrected chi connectivity index (χ2v) is 9.26. The van der Waals surface area contributed by atoms with Crippen molar-refractivity contribution < 1.29 is 14.6 Å². The Morgan fingerprint density at radius 3 is 2.88 bits per heavy atom. The van der Waals surface area contributed by atoms with E-state index in [-0.39, 0.29) is 11.6 Å². The SMILES string of the molecule is CCc1cc2c(s1)CCOC21CCN(CC2CCC(C(=O)O)NC2)CC1. The molecule has 0 saturated carbocycles. The smallest absolute Gasteiger partial charge is 0.320 e. The summed E-state index contributed by atoms with van der Waals surface area (Å²) in [6, 6.07) is 2.06. The third-order valence-electron chi connectivity index (χ3n) is 6.40. The molecule has 1 aromatic heterocycles. The van der Waals surface area contributed by atoms with Gasteiger partial charge in [0.15, 0.2) is 0 Å². The van der Waals surface area contributed by atoms with E-state index in [2.05, 4.69) is 23.2 Å². The third kappa shape index (κ3) is 3.57. The summed E-state index contributed by atoms with van der Waals surface area (Å²) in [6.07, 6.45) is 6.11. The van der Waals surface area contributed by atoms with Crippen LogP contribution in [0, 0.1) is 5.92 Å². The van der Waals surface area contributed by atoms with Crippen molar-refractivity contribution in [1.82, 2.24) is 10.2 Å². The van der Waals surface area contributed by atoms with Crippen LogP contribution in [0.4, 0.5) is 0 Å². The molecule has 3 aliphatic rings. The average Bonchev–Trinajstić information content (AvgIpc) is 3.09. The molecule has 0 amide bonds. The highest BCUT2D eigenvalue weighted by atomic mass is 32.1. The summed E-state index contributed by atoms with van der Waals surface area (Å²) in [5.41, 5.74) is 1.43. The van der Waals surface area contributed by atoms with Gasteiger partial charge in [-0.15, -0.1) is 11.3 Å². The first kappa shape index (κ1) is 18.4. The van der Waals surface area contributed by atoms with Gasteiger partial charge in [0.2, 0.25) is 0 Å². The van der Waals surface area contributed by atoms with E-state index in [1.165, 1.54) is 10.4 Å². The fourth-order valence-electron chi connectivity index (χ4n) is 4.80. The number of thiophene rings is 1. The molecule has 2 saturated heterocycles. The van der Waals surface area contributed by atoms with Gasteiger partial charge in [-0.05, 0) is 56.2 Å². The third-order valence-corrected chi connectivity index (χ3v) is 7.74. The van der Waals surface area contributed by atoms with E-state index >= 15 is 0 Å². The van der Waals surface area contributed by atoms with Crippen LogP contribution < -0.4 is 5.32 Å². The van der Waals surface area contributed by atoms with Gasteiger partial charge < -0.3 is 20.1 Å². The van der Waals surface area contributed by atoms with Gasteiger partial charge in [0.1, 0.15) is 6.04 Å². The van der Waals surface area contributed by atoms with Crippen molar-refractivity contribution in [2.75, 3.05) is 32.8 Å². The minimum atomic E-state index is -0.712. The number of likely N-dealkylation sites (tertiary alicyclic amines) is 1. The zero-order valence-corrected chi connectivity index (χ0v) is 16.4. The molecule has 0 aliphatic carbocycles. The molecule has 3 aliphatic heterocycles. The predicted octanol–water partition coefficient (Wildman–Crippen LogP) is 2.63. The van der Waals surface area contributed by atoms with Gasteiger partial charge in [0.25, 0.3) is 0 Å². The molecule has 144 valence electrons. The summed E-state index contributed by atoms with van der Waals surface area (Å²) in [7, 11) is 0. The fraction of sp³-hybridized carbons (Fsp3) is 0.750. The largest absolute Gasteiger partial charge is 0.480 e. The molecular weight excluding hydrogens is 348 g/mol. The monoisotopic (exact) mass is 378 g/mol. The van der Waals surface area contributed by atoms with Gasteiger partial charge >= 0.3 is 5.97 Å². The van der Waals surface area contributed by atoms with Gasteiger partial charge in [0, 0.05) is 35.8 Å². The molecule has 2 atom stereocenters. The number of aliphatic carboxylic acids is 1. The first-order valence-corrected chi connectivity index (χ1v) is 10.9. The van der Waals surface area contributed by atoms with Crippen molar-refractivity contribution in [3.63, 3.8) is 0 Å². The molecular formula is C20H30N2O3S. The number of nitrogens with one attached hydrogen (secondary N) is 1. The highest BCUT2D eigenvalue weighted by Gasteiger charge is 2.42. The molecule has 0 aromatic carbocycles. The summed E-state index contributed by atoms with van der Waals surface area (Å²) in [5, 5.41) is 12.3. The van der Waals surface area contributed by atoms with Crippen LogP contribution >= 0.6 is 11.3 Å². The van der Waals surface area contributed by atoms with E-state index in [4.69, 9.17) is 9.84 Å². The second-order valence-electron chi connectivity index (χ2n) is 8.04. The van der Waals surface area contributed by atoms with Crippen molar-refractivity contribution in [3.8, 4) is 0 Å². The van der Waals surface area contributed by atoms with Crippen molar-refractivity contribution >= 4 is 17.3 Å². The molecule has 1 spiro atoms. The molecule has 4 rings (SSSR count). The highest BCUT2D eigenvalue weighted by molar-refractivity contribution is 7.12. The van der Waals surface area contributed by atoms with E-state index in [0.717, 1.165) is 71.3 Å². The molecule has 2 fully saturated rings. The van der Waals surface area contributed by atoms with Crippen molar-refractivity contribution in [2.45, 2.75) is 57.1 Å². The fourth-order valence-corrected chi connectivity index (χ4v) is 5.98. The Kier molecular flexibility index (Phi) is 5.37. The quantitative estimate of drug-likeness (QED) is 0.843. The van der Waals surface area contributed by atoms with Crippen LogP contribution in [-0.4, -0.2) is 54.8 Å². The number of hydrogen-bond acceptors (Lipinski definition) is 5. The number of carbonyl (C=O) groups is 1. The normalized spacial score (nSPS) is 28.8. The van der Waals surface area contributed by atoms with Crippen molar-refractivity contribution in [1.29, 1.82) is 0 Å². The van der Waals surface area contributed by atoms with Crippen LogP contribution in [0.3, 0.4) is 0 Å². The number of fused-ring (bicyclic) bond motifs is 2. The lowest BCUT2D eigenvalue weighted by Crippen LogP contribution is -2.50. The van der Waals surface area contributed by atoms with Crippen LogP contribution in [0.2, 0.25) is 0 Å². The topological polar surface area (TPSA) is 61.8 Å². The Morgan fingerprint density at radius 2 is 2.23 bits per heavy atom. The van der Waals surface area contributed by atoms with Gasteiger partial charge in [-0.2, -0.15) is 0 Å². The molecule has 0 bridgehead atoms. The Bertz CT molecular complexity index is 643. The Balaban J connectivity index is 1.34. The van der Waals surface area contributed by atoms with Crippen LogP contribution in [0.25, 0.3) is 0 Å². The Morgan fingerprint density at radius 1 is 1.42 bits per heavy atom. The van der Waals surface area contributed by atoms with E-state index < -0.39 is 5.97 Å². The van der Waals surface area contributed by atoms with Gasteiger partial charge in [-0.3, -0.25) is 4.79 Å². The lowest BCUT2D eigenvalue weighted by Gasteiger charge is -2.45. The average molecular weight is 379 g/mol. The lowest BCUT2D eigenvalue weighted by molar-refractivity contribution is -0.140. The Labute approximate surface area is 159 Å². The molecule has 5 nitrogen and oxygen atoms in total. The van der Waals surface area contributed by atoms with Crippen LogP contribution in [0.15, 0.2) is 6.07 Å². The highest BCUT2D eigenvalue weighted by Crippen LogP contribution is 2.44. The maximum atomic E-state index is 11.1. The van der Waals surface area contributed by atoms with Gasteiger partial charge in [-0.1, -0.05) is 6.92 Å². The molecule has 0 radical (unpaired) electrons. The van der Waals surface area contributed by atoms with E-state index in [9.17, 15) is 4.79 Å². The Hall–Kier alpha value is -0.950. The van der Waals surface area contributed by atoms with E-state index in [1.807, 2.05) is 11.3 Å². The number of hydrogen-bond donors (Lipinski definition) is 2. The summed E-state index contributed by atoms with van der Waals surface area (Å²) in [5.74, 6) is -0.147. The van der Waals surface area contributed by atoms with Gasteiger partial charge in [-0.25, -0.2) is 0 Å². The summed E-state index contributed by atoms with van der Waals surface area (Å²) < 4.78 is 6.37. The lowest BCUT2D eigenvalue weighted by atomic mass is 9.81. The number of nitrogens with zero attached hydrogens (tertiary/aromatic N) is 1. The van der Waals surface area contributed by atoms with Crippen LogP contribution in [0.5, 0.6) is 0 Å². The predicted molar refractivity (Wildman–Crippen MR) is 103 cm³/mol. The molecule has 26 heavy (non-hydrogen) atoms. The zero-order chi connectivity index (χ0) is 18.1. The first-order chi connectivity index (χ1) is 12.6. The van der Waals surface area contributed by atoms with E-state index in [0.29, 0.717) is 5.92 Å². The molecule has 6 heteroatoms. The molecule has 1 aromatic rings. The van der Waals surface area contributed by atoms with Gasteiger partial charge in [0.05, 0.1) is 12.2 Å². The van der Waals surface area contributed by atoms with Crippen molar-refractivity contribution in [2.24, 2.45) is 5.92 Å². The molecule has 4 heterocycles. The van der Waals surface area contributed by atoms with Crippen molar-refractivity contribution in [3.05, 3.63) is 21.4 Å². The number of carboxylic acids is 1. The minimum absolute atomic E-state index is 0.0484. The summed E-state index contributed by atoms with van der Waals surface area (Å²) in [6.45, 7) is 7.15. The number of piperidine rings is 2. The zero-order valence-electron chi connectivity index (χ0n) is 15.6. The van der Waals surface area contributed by atoms with Crippen LogP contribution in [0.1, 0.15) is 47.9 Å². The number of ether oxygens (including phenoxy) is 1. The summed E-state index contributed by atoms with van der Waals surface area (Å²) >= 11 is 1.98. The number of carboxylic acid groups (broad SMARTS) is 1. The maximum absolute atomic E-state index is 11.1. The molecule has 2 N–H and O–H groups in total. The second kappa shape index (κ2) is 7.58. The number of rotatable bonds is 4. The summed E-state index contributed by atoms with van der Waals surface area (Å²) in [4.78, 5) is 16.7. The first-order valence-electron chi connectivity index (χ1n) is 10.0. The maximum Gasteiger partial charge on any atom is 0.320 e. The standard InChI is InChI=1S/C20H30N2O3S/c1-2-15-11-16-18(26-15)5-10-25-20(16)6-8-22(9-7-20)13-14-3-4-17(19(23)24)21-12-14/h11,14,17,21H,2-10,12-13H2,1H3,(H,23,24). The number of aryl methyl sites for hydroxylation is 1. The van der Waals surface area contributed by atoms with Crippen LogP contribution in [-0.2, 0) is 28.0 Å². The van der Waals surface area contributed by atoms with E-state index in [1.54, 1.807) is 4.88 Å². The molecule has 2 unspecified atom stereocenters.